The molecule has 2 aliphatic heterocycles. The molecular weight excluding hydrogens is 785 g/mol. The molecule has 3 aliphatic rings. The summed E-state index contributed by atoms with van der Waals surface area (Å²) in [5.41, 5.74) is 7.01. The number of amides is 4. The minimum Gasteiger partial charge on any atom is -0.453 e. The number of likely N-dealkylation sites (tertiary alicyclic amines) is 1. The molecule has 1 spiro atoms. The Kier molecular flexibility index (Phi) is 11.3. The standard InChI is InChI=1S/C48H52N8O6/c1-27(2)39(53-46(59)61-6)44(57)55-21-17-29(5)41(55)43-50-25-37(52-43)35-15-14-33-22-32(12-13-34(33)23-35)30-8-10-31(11-9-30)36-24-49-42(51-36)38-16-18-48(19-20-48)26-56(38)45(58)40(28(3)4)54-47(60)62-7/h8-16,18,22-25,28,38-41H,1,5,17,19-21,26H2,2-4,6-7H3,(H,49,51)(H,50,52)(H,53,59)(H,54,60)/t38-,39-,40-,41-/m0/s1. The van der Waals surface area contributed by atoms with Crippen molar-refractivity contribution in [2.24, 2.45) is 11.3 Å². The van der Waals surface area contributed by atoms with Gasteiger partial charge in [0.05, 0.1) is 38.0 Å². The van der Waals surface area contributed by atoms with E-state index in [1.165, 1.54) is 14.2 Å². The van der Waals surface area contributed by atoms with Gasteiger partial charge in [-0.15, -0.1) is 0 Å². The highest BCUT2D eigenvalue weighted by molar-refractivity contribution is 5.91. The topological polar surface area (TPSA) is 175 Å². The molecule has 5 aromatic rings. The van der Waals surface area contributed by atoms with Crippen LogP contribution in [0.25, 0.3) is 44.4 Å². The van der Waals surface area contributed by atoms with Gasteiger partial charge in [-0.2, -0.15) is 0 Å². The van der Waals surface area contributed by atoms with E-state index in [0.29, 0.717) is 36.7 Å². The van der Waals surface area contributed by atoms with Crippen LogP contribution in [0.15, 0.2) is 110 Å². The summed E-state index contributed by atoms with van der Waals surface area (Å²) in [6.45, 7) is 14.7. The van der Waals surface area contributed by atoms with Gasteiger partial charge in [-0.25, -0.2) is 19.6 Å². The lowest BCUT2D eigenvalue weighted by Crippen LogP contribution is -2.53. The van der Waals surface area contributed by atoms with Gasteiger partial charge in [-0.1, -0.05) is 87.7 Å². The van der Waals surface area contributed by atoms with Crippen molar-refractivity contribution in [3.63, 3.8) is 0 Å². The SMILES string of the molecule is C=C(C)[C@H](NC(=O)OC)C(=O)N1CCC(=C)[C@H]1c1ncc(-c2ccc3cc(-c4ccc(-c5cnc([C@@H]6C=CC7(CC7)CN6C(=O)[C@@H](NC(=O)OC)C(C)C)[nH]5)cc4)ccc3c2)[nH]1. The number of aromatic amines is 2. The molecule has 320 valence electrons. The number of carbonyl (C=O) groups excluding carboxylic acids is 4. The Balaban J connectivity index is 0.969. The fourth-order valence-electron chi connectivity index (χ4n) is 8.46. The lowest BCUT2D eigenvalue weighted by molar-refractivity contribution is -0.137. The molecule has 2 fully saturated rings. The summed E-state index contributed by atoms with van der Waals surface area (Å²) in [6.07, 6.45) is 9.17. The van der Waals surface area contributed by atoms with Crippen LogP contribution in [-0.4, -0.2) is 93.1 Å². The minimum absolute atomic E-state index is 0.0131. The zero-order chi connectivity index (χ0) is 43.9. The van der Waals surface area contributed by atoms with E-state index in [-0.39, 0.29) is 23.1 Å². The molecule has 0 unspecified atom stereocenters. The van der Waals surface area contributed by atoms with Crippen molar-refractivity contribution in [3.05, 3.63) is 121 Å². The molecule has 1 aliphatic carbocycles. The van der Waals surface area contributed by atoms with Crippen LogP contribution in [-0.2, 0) is 19.1 Å². The van der Waals surface area contributed by atoms with Crippen molar-refractivity contribution >= 4 is 34.8 Å². The third-order valence-corrected chi connectivity index (χ3v) is 12.3. The number of aromatic nitrogens is 4. The Morgan fingerprint density at radius 1 is 0.790 bits per heavy atom. The van der Waals surface area contributed by atoms with Crippen LogP contribution in [0.1, 0.15) is 63.8 Å². The van der Waals surface area contributed by atoms with Gasteiger partial charge < -0.3 is 39.9 Å². The first-order chi connectivity index (χ1) is 29.8. The summed E-state index contributed by atoms with van der Waals surface area (Å²) >= 11 is 0. The lowest BCUT2D eigenvalue weighted by atomic mass is 9.94. The Morgan fingerprint density at radius 2 is 1.37 bits per heavy atom. The maximum Gasteiger partial charge on any atom is 0.407 e. The van der Waals surface area contributed by atoms with Crippen molar-refractivity contribution < 1.29 is 28.7 Å². The summed E-state index contributed by atoms with van der Waals surface area (Å²) in [7, 11) is 2.55. The number of benzene rings is 3. The fourth-order valence-corrected chi connectivity index (χ4v) is 8.46. The predicted molar refractivity (Wildman–Crippen MR) is 236 cm³/mol. The van der Waals surface area contributed by atoms with Gasteiger partial charge in [0.1, 0.15) is 35.8 Å². The van der Waals surface area contributed by atoms with E-state index in [4.69, 9.17) is 14.5 Å². The second kappa shape index (κ2) is 16.8. The van der Waals surface area contributed by atoms with Crippen molar-refractivity contribution in [2.45, 2.75) is 64.2 Å². The quantitative estimate of drug-likeness (QED) is 0.0968. The van der Waals surface area contributed by atoms with Crippen molar-refractivity contribution in [2.75, 3.05) is 27.3 Å². The van der Waals surface area contributed by atoms with Crippen LogP contribution in [0.3, 0.4) is 0 Å². The van der Waals surface area contributed by atoms with Gasteiger partial charge in [0, 0.05) is 24.1 Å². The molecular formula is C48H52N8O6. The number of ether oxygens (including phenoxy) is 2. The maximum atomic E-state index is 14.0. The number of fused-ring (bicyclic) bond motifs is 1. The normalized spacial score (nSPS) is 18.8. The minimum atomic E-state index is -0.938. The molecule has 14 nitrogen and oxygen atoms in total. The fraction of sp³-hybridized carbons (Fsp3) is 0.333. The highest BCUT2D eigenvalue weighted by Crippen LogP contribution is 2.51. The smallest absolute Gasteiger partial charge is 0.407 e. The van der Waals surface area contributed by atoms with Crippen molar-refractivity contribution in [1.82, 2.24) is 40.4 Å². The molecule has 62 heavy (non-hydrogen) atoms. The van der Waals surface area contributed by atoms with E-state index in [1.54, 1.807) is 24.2 Å². The first-order valence-corrected chi connectivity index (χ1v) is 20.8. The van der Waals surface area contributed by atoms with Gasteiger partial charge in [0.15, 0.2) is 0 Å². The molecule has 3 aromatic carbocycles. The van der Waals surface area contributed by atoms with Gasteiger partial charge in [0.2, 0.25) is 11.8 Å². The number of H-pyrrole nitrogens is 2. The zero-order valence-corrected chi connectivity index (χ0v) is 35.7. The van der Waals surface area contributed by atoms with E-state index >= 15 is 0 Å². The number of imidazole rings is 2. The summed E-state index contributed by atoms with van der Waals surface area (Å²) in [5.74, 6) is 0.659. The number of nitrogens with one attached hydrogen (secondary N) is 4. The maximum absolute atomic E-state index is 14.0. The van der Waals surface area contributed by atoms with Crippen LogP contribution in [0.4, 0.5) is 9.59 Å². The lowest BCUT2D eigenvalue weighted by Gasteiger charge is -2.38. The Morgan fingerprint density at radius 3 is 2.02 bits per heavy atom. The van der Waals surface area contributed by atoms with Crippen LogP contribution in [0.5, 0.6) is 0 Å². The number of hydrogen-bond donors (Lipinski definition) is 4. The number of rotatable bonds is 11. The molecule has 1 saturated heterocycles. The predicted octanol–water partition coefficient (Wildman–Crippen LogP) is 8.02. The summed E-state index contributed by atoms with van der Waals surface area (Å²) < 4.78 is 9.56. The first-order valence-electron chi connectivity index (χ1n) is 20.8. The Bertz CT molecular complexity index is 2600. The average Bonchev–Trinajstić information content (AvgIpc) is 3.63. The second-order valence-corrected chi connectivity index (χ2v) is 17.0. The van der Waals surface area contributed by atoms with Crippen molar-refractivity contribution in [3.8, 4) is 33.6 Å². The van der Waals surface area contributed by atoms with E-state index in [1.807, 2.05) is 24.8 Å². The zero-order valence-electron chi connectivity index (χ0n) is 35.7. The third-order valence-electron chi connectivity index (χ3n) is 12.3. The van der Waals surface area contributed by atoms with Crippen LogP contribution >= 0.6 is 0 Å². The van der Waals surface area contributed by atoms with Gasteiger partial charge >= 0.3 is 12.2 Å². The molecule has 0 bridgehead atoms. The summed E-state index contributed by atoms with van der Waals surface area (Å²) in [6, 6.07) is 18.4. The molecule has 8 rings (SSSR count). The van der Waals surface area contributed by atoms with E-state index in [0.717, 1.165) is 62.8 Å². The molecule has 1 saturated carbocycles. The molecule has 4 atom stereocenters. The largest absolute Gasteiger partial charge is 0.453 e. The van der Waals surface area contributed by atoms with Gasteiger partial charge in [-0.05, 0) is 82.8 Å². The summed E-state index contributed by atoms with van der Waals surface area (Å²) in [5, 5.41) is 7.46. The van der Waals surface area contributed by atoms with Crippen LogP contribution in [0.2, 0.25) is 0 Å². The van der Waals surface area contributed by atoms with E-state index in [2.05, 4.69) is 105 Å². The third kappa shape index (κ3) is 8.24. The van der Waals surface area contributed by atoms with Gasteiger partial charge in [0.25, 0.3) is 0 Å². The van der Waals surface area contributed by atoms with E-state index in [9.17, 15) is 19.2 Å². The number of methoxy groups -OCH3 is 2. The number of nitrogens with zero attached hydrogens (tertiary/aromatic N) is 4. The Labute approximate surface area is 360 Å². The van der Waals surface area contributed by atoms with Crippen LogP contribution < -0.4 is 10.6 Å². The summed E-state index contributed by atoms with van der Waals surface area (Å²) in [4.78, 5) is 71.6. The Hall–Kier alpha value is -6.96. The highest BCUT2D eigenvalue weighted by atomic mass is 16.5. The van der Waals surface area contributed by atoms with Crippen LogP contribution in [0, 0.1) is 11.3 Å². The molecule has 4 heterocycles. The first kappa shape index (κ1) is 41.8. The highest BCUT2D eigenvalue weighted by Gasteiger charge is 2.48. The number of hydrogen-bond acceptors (Lipinski definition) is 8. The molecule has 14 heteroatoms. The molecule has 4 N–H and O–H groups in total. The van der Waals surface area contributed by atoms with E-state index < -0.39 is 36.4 Å². The van der Waals surface area contributed by atoms with Crippen molar-refractivity contribution in [1.29, 1.82) is 0 Å². The monoisotopic (exact) mass is 836 g/mol. The number of carbonyl (C=O) groups is 4. The molecule has 0 radical (unpaired) electrons. The molecule has 2 aromatic heterocycles. The average molecular weight is 837 g/mol. The van der Waals surface area contributed by atoms with Gasteiger partial charge in [-0.3, -0.25) is 9.59 Å². The second-order valence-electron chi connectivity index (χ2n) is 17.0. The molecule has 4 amide bonds. The number of alkyl carbamates (subject to hydrolysis) is 2.